The van der Waals surface area contributed by atoms with Crippen LogP contribution in [0.2, 0.25) is 0 Å². The van der Waals surface area contributed by atoms with Crippen molar-refractivity contribution in [2.24, 2.45) is 0 Å². The van der Waals surface area contributed by atoms with Gasteiger partial charge >= 0.3 is 5.97 Å². The number of rotatable bonds is 1. The Labute approximate surface area is 91.4 Å². The van der Waals surface area contributed by atoms with Gasteiger partial charge in [0, 0.05) is 6.07 Å². The van der Waals surface area contributed by atoms with E-state index in [9.17, 15) is 9.59 Å². The van der Waals surface area contributed by atoms with Crippen molar-refractivity contribution in [1.29, 1.82) is 0 Å². The highest BCUT2D eigenvalue weighted by molar-refractivity contribution is 5.93. The summed E-state index contributed by atoms with van der Waals surface area (Å²) in [7, 11) is 1.30. The highest BCUT2D eigenvalue weighted by atomic mass is 16.5. The van der Waals surface area contributed by atoms with Crippen LogP contribution in [0.1, 0.15) is 16.1 Å². The molecule has 82 valence electrons. The van der Waals surface area contributed by atoms with E-state index in [4.69, 9.17) is 4.42 Å². The molecule has 0 saturated carbocycles. The van der Waals surface area contributed by atoms with Gasteiger partial charge in [0.1, 0.15) is 11.3 Å². The molecule has 0 aliphatic rings. The zero-order valence-electron chi connectivity index (χ0n) is 8.94. The van der Waals surface area contributed by atoms with Gasteiger partial charge in [-0.3, -0.25) is 4.79 Å². The summed E-state index contributed by atoms with van der Waals surface area (Å²) in [5, 5.41) is 0.383. The number of aryl methyl sites for hydroxylation is 1. The van der Waals surface area contributed by atoms with Crippen LogP contribution in [0.25, 0.3) is 11.0 Å². The number of hydrogen-bond acceptors (Lipinski definition) is 4. The maximum Gasteiger partial charge on any atom is 0.337 e. The van der Waals surface area contributed by atoms with Crippen LogP contribution in [0.4, 0.5) is 0 Å². The fraction of sp³-hybridized carbons (Fsp3) is 0.167. The lowest BCUT2D eigenvalue weighted by molar-refractivity contribution is 0.0601. The molecule has 1 aromatic heterocycles. The lowest BCUT2D eigenvalue weighted by Gasteiger charge is -2.01. The molecule has 0 saturated heterocycles. The Bertz CT molecular complexity index is 610. The van der Waals surface area contributed by atoms with Crippen LogP contribution in [0.5, 0.6) is 0 Å². The first-order chi connectivity index (χ1) is 7.61. The fourth-order valence-electron chi connectivity index (χ4n) is 1.52. The Morgan fingerprint density at radius 3 is 2.75 bits per heavy atom. The molecule has 16 heavy (non-hydrogen) atoms. The first-order valence-electron chi connectivity index (χ1n) is 4.74. The van der Waals surface area contributed by atoms with Gasteiger partial charge in [-0.15, -0.1) is 0 Å². The summed E-state index contributed by atoms with van der Waals surface area (Å²) in [6.07, 6.45) is 0. The lowest BCUT2D eigenvalue weighted by atomic mass is 10.1. The number of esters is 1. The predicted molar refractivity (Wildman–Crippen MR) is 58.6 cm³/mol. The van der Waals surface area contributed by atoms with Gasteiger partial charge < -0.3 is 9.15 Å². The third kappa shape index (κ3) is 1.69. The Balaban J connectivity index is 2.71. The second-order valence-electron chi connectivity index (χ2n) is 3.42. The van der Waals surface area contributed by atoms with Crippen molar-refractivity contribution >= 4 is 16.9 Å². The van der Waals surface area contributed by atoms with E-state index in [-0.39, 0.29) is 5.43 Å². The van der Waals surface area contributed by atoms with Crippen LogP contribution in [-0.2, 0) is 4.74 Å². The monoisotopic (exact) mass is 218 g/mol. The minimum Gasteiger partial charge on any atom is -0.465 e. The normalized spacial score (nSPS) is 10.4. The van der Waals surface area contributed by atoms with Gasteiger partial charge in [0.05, 0.1) is 18.1 Å². The van der Waals surface area contributed by atoms with Crippen LogP contribution < -0.4 is 5.43 Å². The molecule has 4 nitrogen and oxygen atoms in total. The van der Waals surface area contributed by atoms with Gasteiger partial charge in [0.25, 0.3) is 0 Å². The van der Waals surface area contributed by atoms with Gasteiger partial charge in [0.2, 0.25) is 0 Å². The summed E-state index contributed by atoms with van der Waals surface area (Å²) in [6, 6.07) is 6.03. The number of methoxy groups -OCH3 is 1. The molecule has 0 N–H and O–H groups in total. The smallest absolute Gasteiger partial charge is 0.337 e. The van der Waals surface area contributed by atoms with Crippen LogP contribution in [0.15, 0.2) is 33.5 Å². The summed E-state index contributed by atoms with van der Waals surface area (Å²) >= 11 is 0. The third-order valence-electron chi connectivity index (χ3n) is 2.27. The number of carbonyl (C=O) groups excluding carboxylic acids is 1. The molecule has 0 bridgehead atoms. The number of fused-ring (bicyclic) bond motifs is 1. The molecule has 1 aromatic carbocycles. The molecule has 0 aliphatic heterocycles. The Kier molecular flexibility index (Phi) is 2.48. The molecule has 0 spiro atoms. The van der Waals surface area contributed by atoms with E-state index in [1.165, 1.54) is 19.2 Å². The zero-order chi connectivity index (χ0) is 11.7. The van der Waals surface area contributed by atoms with Crippen molar-refractivity contribution in [3.63, 3.8) is 0 Å². The molecule has 0 atom stereocenters. The van der Waals surface area contributed by atoms with Crippen molar-refractivity contribution in [3.8, 4) is 0 Å². The second-order valence-corrected chi connectivity index (χ2v) is 3.42. The van der Waals surface area contributed by atoms with Gasteiger partial charge in [-0.25, -0.2) is 4.79 Å². The molecule has 0 aliphatic carbocycles. The Hall–Kier alpha value is -2.10. The maximum atomic E-state index is 11.7. The van der Waals surface area contributed by atoms with Gasteiger partial charge in [-0.2, -0.15) is 0 Å². The molecular weight excluding hydrogens is 208 g/mol. The molecule has 4 heteroatoms. The predicted octanol–water partition coefficient (Wildman–Crippen LogP) is 1.89. The van der Waals surface area contributed by atoms with Crippen molar-refractivity contribution < 1.29 is 13.9 Å². The van der Waals surface area contributed by atoms with Crippen molar-refractivity contribution in [2.45, 2.75) is 6.92 Å². The van der Waals surface area contributed by atoms with E-state index < -0.39 is 5.97 Å². The lowest BCUT2D eigenvalue weighted by Crippen LogP contribution is -2.05. The van der Waals surface area contributed by atoms with E-state index in [1.807, 2.05) is 0 Å². The number of hydrogen-bond donors (Lipinski definition) is 0. The van der Waals surface area contributed by atoms with E-state index in [2.05, 4.69) is 4.74 Å². The Morgan fingerprint density at radius 2 is 2.06 bits per heavy atom. The van der Waals surface area contributed by atoms with E-state index >= 15 is 0 Å². The molecule has 0 amide bonds. The summed E-state index contributed by atoms with van der Waals surface area (Å²) in [6.45, 7) is 1.70. The van der Waals surface area contributed by atoms with Crippen LogP contribution in [0.3, 0.4) is 0 Å². The SMILES string of the molecule is COC(=O)c1ccc2oc(C)cc(=O)c2c1. The first kappa shape index (κ1) is 10.4. The highest BCUT2D eigenvalue weighted by Crippen LogP contribution is 2.14. The second kappa shape index (κ2) is 3.81. The average Bonchev–Trinajstić information content (AvgIpc) is 2.27. The first-order valence-corrected chi connectivity index (χ1v) is 4.74. The van der Waals surface area contributed by atoms with E-state index in [0.717, 1.165) is 0 Å². The number of benzene rings is 1. The van der Waals surface area contributed by atoms with Gasteiger partial charge in [-0.1, -0.05) is 0 Å². The average molecular weight is 218 g/mol. The molecular formula is C12H10O4. The van der Waals surface area contributed by atoms with Crippen LogP contribution in [0, 0.1) is 6.92 Å². The van der Waals surface area contributed by atoms with E-state index in [0.29, 0.717) is 22.3 Å². The van der Waals surface area contributed by atoms with Crippen LogP contribution in [-0.4, -0.2) is 13.1 Å². The zero-order valence-corrected chi connectivity index (χ0v) is 8.94. The minimum absolute atomic E-state index is 0.162. The molecule has 1 heterocycles. The fourth-order valence-corrected chi connectivity index (χ4v) is 1.52. The molecule has 2 aromatic rings. The Morgan fingerprint density at radius 1 is 1.31 bits per heavy atom. The summed E-state index contributed by atoms with van der Waals surface area (Å²) in [4.78, 5) is 22.9. The molecule has 0 fully saturated rings. The molecule has 0 unspecified atom stereocenters. The topological polar surface area (TPSA) is 56.5 Å². The van der Waals surface area contributed by atoms with Gasteiger partial charge in [0.15, 0.2) is 5.43 Å². The highest BCUT2D eigenvalue weighted by Gasteiger charge is 2.09. The third-order valence-corrected chi connectivity index (χ3v) is 2.27. The molecule has 0 radical (unpaired) electrons. The van der Waals surface area contributed by atoms with E-state index in [1.54, 1.807) is 19.1 Å². The largest absolute Gasteiger partial charge is 0.465 e. The quantitative estimate of drug-likeness (QED) is 0.686. The number of carbonyl (C=O) groups is 1. The molecule has 2 rings (SSSR count). The summed E-state index contributed by atoms with van der Waals surface area (Å²) in [5.41, 5.74) is 0.647. The van der Waals surface area contributed by atoms with Gasteiger partial charge in [-0.05, 0) is 25.1 Å². The van der Waals surface area contributed by atoms with Crippen molar-refractivity contribution in [3.05, 3.63) is 45.8 Å². The van der Waals surface area contributed by atoms with Crippen LogP contribution >= 0.6 is 0 Å². The van der Waals surface area contributed by atoms with Crippen molar-refractivity contribution in [2.75, 3.05) is 7.11 Å². The number of ether oxygens (including phenoxy) is 1. The maximum absolute atomic E-state index is 11.7. The summed E-state index contributed by atoms with van der Waals surface area (Å²) in [5.74, 6) is 0.0743. The van der Waals surface area contributed by atoms with Crippen molar-refractivity contribution in [1.82, 2.24) is 0 Å². The summed E-state index contributed by atoms with van der Waals surface area (Å²) < 4.78 is 9.94. The minimum atomic E-state index is -0.470. The standard InChI is InChI=1S/C12H10O4/c1-7-5-10(13)9-6-8(12(14)15-2)3-4-11(9)16-7/h3-6H,1-2H3.